The third kappa shape index (κ3) is 6.77. The van der Waals surface area contributed by atoms with Gasteiger partial charge in [0.15, 0.2) is 5.13 Å². The van der Waals surface area contributed by atoms with Gasteiger partial charge in [-0.05, 0) is 49.6 Å². The highest BCUT2D eigenvalue weighted by Gasteiger charge is 2.28. The second-order valence-electron chi connectivity index (χ2n) is 8.80. The van der Waals surface area contributed by atoms with Gasteiger partial charge >= 0.3 is 0 Å². The van der Waals surface area contributed by atoms with Gasteiger partial charge in [-0.3, -0.25) is 4.79 Å². The van der Waals surface area contributed by atoms with Gasteiger partial charge in [0, 0.05) is 51.5 Å². The molecule has 3 aromatic heterocycles. The number of carbonyl (C=O) groups excluding carboxylic acids is 1. The van der Waals surface area contributed by atoms with E-state index in [0.29, 0.717) is 24.8 Å². The number of piperidine rings is 1. The van der Waals surface area contributed by atoms with Gasteiger partial charge in [-0.15, -0.1) is 0 Å². The number of likely N-dealkylation sites (tertiary alicyclic amines) is 1. The molecule has 0 unspecified atom stereocenters. The third-order valence-electron chi connectivity index (χ3n) is 5.93. The molecule has 1 saturated heterocycles. The first-order chi connectivity index (χ1) is 17.2. The molecule has 0 saturated carbocycles. The average molecular weight is 530 g/mol. The lowest BCUT2D eigenvalue weighted by molar-refractivity contribution is -0.129. The summed E-state index contributed by atoms with van der Waals surface area (Å²) in [6, 6.07) is 10.1. The van der Waals surface area contributed by atoms with E-state index in [1.807, 2.05) is 42.3 Å². The van der Waals surface area contributed by atoms with E-state index in [1.54, 1.807) is 13.1 Å². The number of sulfonamides is 1. The maximum atomic E-state index is 11.8. The second-order valence-corrected chi connectivity index (χ2v) is 11.7. The fraction of sp³-hybridized carbons (Fsp3) is 0.417. The molecule has 3 aromatic rings. The predicted octanol–water partition coefficient (Wildman–Crippen LogP) is 3.02. The highest BCUT2D eigenvalue weighted by Crippen LogP contribution is 2.33. The summed E-state index contributed by atoms with van der Waals surface area (Å²) in [5.41, 5.74) is 1.91. The van der Waals surface area contributed by atoms with Crippen molar-refractivity contribution in [2.24, 2.45) is 0 Å². The van der Waals surface area contributed by atoms with E-state index in [9.17, 15) is 13.2 Å². The molecular weight excluding hydrogens is 498 g/mol. The maximum absolute atomic E-state index is 11.8. The average Bonchev–Trinajstić information content (AvgIpc) is 3.31. The summed E-state index contributed by atoms with van der Waals surface area (Å²) < 4.78 is 24.9. The number of aryl methyl sites for hydroxylation is 1. The zero-order chi connectivity index (χ0) is 25.7. The van der Waals surface area contributed by atoms with Crippen molar-refractivity contribution >= 4 is 44.0 Å². The Hall–Kier alpha value is -3.09. The molecule has 4 rings (SSSR count). The Morgan fingerprint density at radius 3 is 2.64 bits per heavy atom. The van der Waals surface area contributed by atoms with E-state index in [0.717, 1.165) is 46.9 Å². The molecule has 0 atom stereocenters. The molecule has 1 amide bonds. The van der Waals surface area contributed by atoms with Crippen LogP contribution in [0.5, 0.6) is 0 Å². The number of pyridine rings is 2. The first-order valence-electron chi connectivity index (χ1n) is 11.8. The van der Waals surface area contributed by atoms with Crippen molar-refractivity contribution in [2.75, 3.05) is 42.7 Å². The lowest BCUT2D eigenvalue weighted by Crippen LogP contribution is -2.45. The number of hydrogen-bond acceptors (Lipinski definition) is 9. The van der Waals surface area contributed by atoms with E-state index < -0.39 is 10.0 Å². The van der Waals surface area contributed by atoms with Gasteiger partial charge in [0.1, 0.15) is 11.6 Å². The number of nitrogens with one attached hydrogen (secondary N) is 2. The lowest BCUT2D eigenvalue weighted by Gasteiger charge is -2.38. The standard InChI is InChI=1S/C24H31N7O3S2/c1-17-7-10-25-23(15-17)31(19-8-13-30(14-9-19)18(2)32)22-6-4-5-20(29-22)21-16-27-24(35-21)26-11-12-28-36(3,33)34/h4-7,10,15-16,19,28H,8-9,11-14H2,1-3H3,(H,26,27). The van der Waals surface area contributed by atoms with Crippen molar-refractivity contribution in [2.45, 2.75) is 32.7 Å². The Kier molecular flexibility index (Phi) is 8.17. The Morgan fingerprint density at radius 1 is 1.17 bits per heavy atom. The van der Waals surface area contributed by atoms with Crippen molar-refractivity contribution in [3.63, 3.8) is 0 Å². The van der Waals surface area contributed by atoms with Crippen LogP contribution in [-0.2, 0) is 14.8 Å². The third-order valence-corrected chi connectivity index (χ3v) is 7.63. The number of carbonyl (C=O) groups is 1. The fourth-order valence-corrected chi connectivity index (χ4v) is 5.44. The maximum Gasteiger partial charge on any atom is 0.219 e. The molecule has 0 bridgehead atoms. The van der Waals surface area contributed by atoms with Crippen molar-refractivity contribution in [1.29, 1.82) is 0 Å². The lowest BCUT2D eigenvalue weighted by atomic mass is 10.0. The van der Waals surface area contributed by atoms with E-state index >= 15 is 0 Å². The van der Waals surface area contributed by atoms with Crippen LogP contribution in [0.4, 0.5) is 16.8 Å². The molecule has 4 heterocycles. The topological polar surface area (TPSA) is 120 Å². The van der Waals surface area contributed by atoms with Crippen LogP contribution < -0.4 is 14.9 Å². The molecule has 0 aliphatic carbocycles. The smallest absolute Gasteiger partial charge is 0.219 e. The van der Waals surface area contributed by atoms with E-state index in [-0.39, 0.29) is 18.5 Å². The molecule has 36 heavy (non-hydrogen) atoms. The number of hydrogen-bond donors (Lipinski definition) is 2. The highest BCUT2D eigenvalue weighted by atomic mass is 32.2. The number of amides is 1. The van der Waals surface area contributed by atoms with Crippen molar-refractivity contribution < 1.29 is 13.2 Å². The van der Waals surface area contributed by atoms with Gasteiger partial charge in [-0.25, -0.2) is 28.1 Å². The van der Waals surface area contributed by atoms with Crippen LogP contribution >= 0.6 is 11.3 Å². The molecule has 1 fully saturated rings. The van der Waals surface area contributed by atoms with Gasteiger partial charge in [-0.2, -0.15) is 0 Å². The molecular formula is C24H31N7O3S2. The minimum Gasteiger partial charge on any atom is -0.360 e. The molecule has 0 spiro atoms. The largest absolute Gasteiger partial charge is 0.360 e. The van der Waals surface area contributed by atoms with Gasteiger partial charge < -0.3 is 15.1 Å². The summed E-state index contributed by atoms with van der Waals surface area (Å²) in [6.45, 7) is 5.79. The Balaban J connectivity index is 1.55. The molecule has 1 aliphatic rings. The Labute approximate surface area is 215 Å². The summed E-state index contributed by atoms with van der Waals surface area (Å²) in [6.07, 6.45) is 6.37. The molecule has 12 heteroatoms. The van der Waals surface area contributed by atoms with Crippen molar-refractivity contribution in [1.82, 2.24) is 24.6 Å². The predicted molar refractivity (Wildman–Crippen MR) is 143 cm³/mol. The Bertz CT molecular complexity index is 1300. The summed E-state index contributed by atoms with van der Waals surface area (Å²) in [5.74, 6) is 1.74. The van der Waals surface area contributed by atoms with Crippen LogP contribution in [0, 0.1) is 6.92 Å². The quantitative estimate of drug-likeness (QED) is 0.406. The SMILES string of the molecule is CC(=O)N1CCC(N(c2cc(C)ccn2)c2cccc(-c3cnc(NCCNS(C)(=O)=O)s3)n2)CC1. The highest BCUT2D eigenvalue weighted by molar-refractivity contribution is 7.88. The minimum absolute atomic E-state index is 0.107. The second kappa shape index (κ2) is 11.3. The number of rotatable bonds is 9. The molecule has 1 aliphatic heterocycles. The minimum atomic E-state index is -3.22. The van der Waals surface area contributed by atoms with Crippen molar-refractivity contribution in [3.05, 3.63) is 48.3 Å². The number of anilines is 3. The van der Waals surface area contributed by atoms with Crippen LogP contribution in [0.2, 0.25) is 0 Å². The first-order valence-corrected chi connectivity index (χ1v) is 14.5. The number of aromatic nitrogens is 3. The summed E-state index contributed by atoms with van der Waals surface area (Å²) >= 11 is 1.46. The zero-order valence-electron chi connectivity index (χ0n) is 20.6. The molecule has 2 N–H and O–H groups in total. The van der Waals surface area contributed by atoms with Gasteiger partial charge in [0.05, 0.1) is 16.8 Å². The van der Waals surface area contributed by atoms with Gasteiger partial charge in [-0.1, -0.05) is 17.4 Å². The van der Waals surface area contributed by atoms with Crippen LogP contribution in [0.1, 0.15) is 25.3 Å². The fourth-order valence-electron chi connectivity index (χ4n) is 4.16. The van der Waals surface area contributed by atoms with E-state index in [4.69, 9.17) is 4.98 Å². The molecule has 192 valence electrons. The summed E-state index contributed by atoms with van der Waals surface area (Å²) in [7, 11) is -3.22. The first kappa shape index (κ1) is 26.0. The van der Waals surface area contributed by atoms with Crippen LogP contribution in [0.3, 0.4) is 0 Å². The summed E-state index contributed by atoms with van der Waals surface area (Å²) in [4.78, 5) is 30.9. The number of nitrogens with zero attached hydrogens (tertiary/aromatic N) is 5. The normalized spacial score (nSPS) is 14.6. The molecule has 0 radical (unpaired) electrons. The number of thiazole rings is 1. The monoisotopic (exact) mass is 529 g/mol. The van der Waals surface area contributed by atoms with E-state index in [1.165, 1.54) is 11.3 Å². The molecule has 0 aromatic carbocycles. The molecule has 10 nitrogen and oxygen atoms in total. The summed E-state index contributed by atoms with van der Waals surface area (Å²) in [5, 5.41) is 3.84. The van der Waals surface area contributed by atoms with Gasteiger partial charge in [0.2, 0.25) is 15.9 Å². The Morgan fingerprint density at radius 2 is 1.94 bits per heavy atom. The van der Waals surface area contributed by atoms with Crippen LogP contribution in [-0.4, -0.2) is 72.7 Å². The van der Waals surface area contributed by atoms with Crippen molar-refractivity contribution in [3.8, 4) is 10.6 Å². The van der Waals surface area contributed by atoms with Gasteiger partial charge in [0.25, 0.3) is 0 Å². The van der Waals surface area contributed by atoms with Crippen LogP contribution in [0.15, 0.2) is 42.7 Å². The van der Waals surface area contributed by atoms with E-state index in [2.05, 4.69) is 31.0 Å². The zero-order valence-corrected chi connectivity index (χ0v) is 22.3. The van der Waals surface area contributed by atoms with Crippen LogP contribution in [0.25, 0.3) is 10.6 Å².